The van der Waals surface area contributed by atoms with Gasteiger partial charge in [-0.25, -0.2) is 4.98 Å². The summed E-state index contributed by atoms with van der Waals surface area (Å²) in [5.74, 6) is 1.42. The van der Waals surface area contributed by atoms with Gasteiger partial charge < -0.3 is 14.5 Å². The molecule has 0 bridgehead atoms. The molecule has 0 atom stereocenters. The molecule has 152 valence electrons. The van der Waals surface area contributed by atoms with Crippen LogP contribution in [0.25, 0.3) is 22.6 Å². The molecule has 0 aliphatic heterocycles. The highest BCUT2D eigenvalue weighted by Crippen LogP contribution is 2.28. The van der Waals surface area contributed by atoms with Gasteiger partial charge in [0.1, 0.15) is 11.3 Å². The number of oxazole rings is 1. The second-order valence-corrected chi connectivity index (χ2v) is 8.31. The number of nitrogens with one attached hydrogen (secondary N) is 1. The van der Waals surface area contributed by atoms with Gasteiger partial charge in [-0.15, -0.1) is 0 Å². The Labute approximate surface area is 183 Å². The fraction of sp³-hybridized carbons (Fsp3) is 0.167. The Morgan fingerprint density at radius 3 is 2.73 bits per heavy atom. The van der Waals surface area contributed by atoms with Gasteiger partial charge in [-0.2, -0.15) is 0 Å². The monoisotopic (exact) mass is 464 g/mol. The predicted molar refractivity (Wildman–Crippen MR) is 122 cm³/mol. The number of halogens is 1. The van der Waals surface area contributed by atoms with Crippen molar-refractivity contribution in [2.24, 2.45) is 5.92 Å². The van der Waals surface area contributed by atoms with E-state index in [0.29, 0.717) is 46.5 Å². The van der Waals surface area contributed by atoms with Crippen molar-refractivity contribution in [1.29, 1.82) is 0 Å². The van der Waals surface area contributed by atoms with Crippen molar-refractivity contribution >= 4 is 38.6 Å². The summed E-state index contributed by atoms with van der Waals surface area (Å²) in [6.07, 6.45) is 0. The minimum absolute atomic E-state index is 0.208. The van der Waals surface area contributed by atoms with E-state index in [4.69, 9.17) is 9.15 Å². The van der Waals surface area contributed by atoms with E-state index < -0.39 is 0 Å². The van der Waals surface area contributed by atoms with Crippen molar-refractivity contribution in [2.45, 2.75) is 13.8 Å². The molecule has 3 aromatic carbocycles. The quantitative estimate of drug-likeness (QED) is 0.351. The molecule has 4 aromatic rings. The molecule has 0 saturated carbocycles. The lowest BCUT2D eigenvalue weighted by atomic mass is 10.2. The summed E-state index contributed by atoms with van der Waals surface area (Å²) in [6.45, 7) is 4.77. The minimum Gasteiger partial charge on any atom is -0.493 e. The zero-order valence-electron chi connectivity index (χ0n) is 16.7. The van der Waals surface area contributed by atoms with E-state index in [-0.39, 0.29) is 5.91 Å². The molecule has 5 nitrogen and oxygen atoms in total. The maximum absolute atomic E-state index is 12.7. The topological polar surface area (TPSA) is 64.4 Å². The van der Waals surface area contributed by atoms with Gasteiger partial charge >= 0.3 is 0 Å². The van der Waals surface area contributed by atoms with Crippen LogP contribution in [0.5, 0.6) is 5.75 Å². The first-order chi connectivity index (χ1) is 14.5. The number of ether oxygens (including phenoxy) is 1. The Morgan fingerprint density at radius 1 is 1.10 bits per heavy atom. The molecule has 1 N–H and O–H groups in total. The number of nitrogens with zero attached hydrogens (tertiary/aromatic N) is 1. The van der Waals surface area contributed by atoms with Gasteiger partial charge in [0.2, 0.25) is 5.89 Å². The Balaban J connectivity index is 1.52. The molecule has 0 fully saturated rings. The van der Waals surface area contributed by atoms with Crippen molar-refractivity contribution in [3.63, 3.8) is 0 Å². The molecule has 1 aromatic heterocycles. The van der Waals surface area contributed by atoms with E-state index in [0.717, 1.165) is 10.0 Å². The van der Waals surface area contributed by atoms with Crippen molar-refractivity contribution in [3.05, 3.63) is 76.8 Å². The normalized spacial score (nSPS) is 11.1. The molecule has 30 heavy (non-hydrogen) atoms. The lowest BCUT2D eigenvalue weighted by Crippen LogP contribution is -2.12. The second kappa shape index (κ2) is 8.71. The first-order valence-corrected chi connectivity index (χ1v) is 10.5. The lowest BCUT2D eigenvalue weighted by molar-refractivity contribution is 0.102. The van der Waals surface area contributed by atoms with Gasteiger partial charge in [0, 0.05) is 21.3 Å². The zero-order valence-corrected chi connectivity index (χ0v) is 18.3. The maximum atomic E-state index is 12.7. The Morgan fingerprint density at radius 2 is 1.93 bits per heavy atom. The standard InChI is InChI=1S/C24H21BrN2O3/c1-15(2)14-29-20-8-4-5-16(12-20)23(28)26-19-9-10-22-21(13-19)27-24(30-22)17-6-3-7-18(25)11-17/h3-13,15H,14H2,1-2H3,(H,26,28). The van der Waals surface area contributed by atoms with Crippen LogP contribution in [0.4, 0.5) is 5.69 Å². The third-order valence-electron chi connectivity index (χ3n) is 4.40. The summed E-state index contributed by atoms with van der Waals surface area (Å²) < 4.78 is 12.5. The zero-order chi connectivity index (χ0) is 21.1. The molecule has 0 radical (unpaired) electrons. The van der Waals surface area contributed by atoms with Gasteiger partial charge in [-0.1, -0.05) is 41.9 Å². The molecule has 4 rings (SSSR count). The van der Waals surface area contributed by atoms with Gasteiger partial charge in [-0.05, 0) is 60.5 Å². The largest absolute Gasteiger partial charge is 0.493 e. The number of aromatic nitrogens is 1. The first-order valence-electron chi connectivity index (χ1n) is 9.69. The average molecular weight is 465 g/mol. The number of hydrogen-bond donors (Lipinski definition) is 1. The van der Waals surface area contributed by atoms with Gasteiger partial charge in [0.05, 0.1) is 6.61 Å². The van der Waals surface area contributed by atoms with Crippen LogP contribution in [0.3, 0.4) is 0 Å². The Bertz CT molecular complexity index is 1200. The summed E-state index contributed by atoms with van der Waals surface area (Å²) in [5.41, 5.74) is 3.40. The second-order valence-electron chi connectivity index (χ2n) is 7.40. The number of hydrogen-bond acceptors (Lipinski definition) is 4. The van der Waals surface area contributed by atoms with Crippen LogP contribution in [0.15, 0.2) is 75.6 Å². The van der Waals surface area contributed by atoms with Crippen LogP contribution >= 0.6 is 15.9 Å². The fourth-order valence-electron chi connectivity index (χ4n) is 2.94. The van der Waals surface area contributed by atoms with Crippen molar-refractivity contribution in [3.8, 4) is 17.2 Å². The highest BCUT2D eigenvalue weighted by molar-refractivity contribution is 9.10. The molecule has 1 heterocycles. The molecule has 0 spiro atoms. The van der Waals surface area contributed by atoms with Crippen LogP contribution in [0, 0.1) is 5.92 Å². The van der Waals surface area contributed by atoms with E-state index in [9.17, 15) is 4.79 Å². The molecule has 6 heteroatoms. The number of carbonyl (C=O) groups is 1. The molecular formula is C24H21BrN2O3. The number of anilines is 1. The SMILES string of the molecule is CC(C)COc1cccc(C(=O)Nc2ccc3oc(-c4cccc(Br)c4)nc3c2)c1. The van der Waals surface area contributed by atoms with Gasteiger partial charge in [0.15, 0.2) is 5.58 Å². The summed E-state index contributed by atoms with van der Waals surface area (Å²) in [5, 5.41) is 2.92. The van der Waals surface area contributed by atoms with E-state index in [1.807, 2.05) is 42.5 Å². The van der Waals surface area contributed by atoms with E-state index in [1.165, 1.54) is 0 Å². The van der Waals surface area contributed by atoms with Crippen molar-refractivity contribution in [2.75, 3.05) is 11.9 Å². The predicted octanol–water partition coefficient (Wildman–Crippen LogP) is 6.54. The molecule has 0 aliphatic carbocycles. The number of benzene rings is 3. The van der Waals surface area contributed by atoms with Crippen LogP contribution in [0.2, 0.25) is 0 Å². The number of amides is 1. The van der Waals surface area contributed by atoms with Crippen LogP contribution in [-0.4, -0.2) is 17.5 Å². The van der Waals surface area contributed by atoms with Gasteiger partial charge in [-0.3, -0.25) is 4.79 Å². The maximum Gasteiger partial charge on any atom is 0.255 e. The molecule has 0 unspecified atom stereocenters. The number of fused-ring (bicyclic) bond motifs is 1. The minimum atomic E-state index is -0.208. The fourth-order valence-corrected chi connectivity index (χ4v) is 3.34. The summed E-state index contributed by atoms with van der Waals surface area (Å²) in [6, 6.07) is 20.3. The molecule has 0 aliphatic rings. The molecular weight excluding hydrogens is 444 g/mol. The molecule has 1 amide bonds. The van der Waals surface area contributed by atoms with Crippen LogP contribution in [0.1, 0.15) is 24.2 Å². The number of carbonyl (C=O) groups excluding carboxylic acids is 1. The first kappa shape index (κ1) is 20.2. The summed E-state index contributed by atoms with van der Waals surface area (Å²) >= 11 is 3.46. The summed E-state index contributed by atoms with van der Waals surface area (Å²) in [7, 11) is 0. The third kappa shape index (κ3) is 4.71. The Hall–Kier alpha value is -3.12. The smallest absolute Gasteiger partial charge is 0.255 e. The van der Waals surface area contributed by atoms with Crippen LogP contribution < -0.4 is 10.1 Å². The van der Waals surface area contributed by atoms with E-state index in [1.54, 1.807) is 24.3 Å². The third-order valence-corrected chi connectivity index (χ3v) is 4.89. The summed E-state index contributed by atoms with van der Waals surface area (Å²) in [4.78, 5) is 17.2. The van der Waals surface area contributed by atoms with Crippen molar-refractivity contribution < 1.29 is 13.9 Å². The highest BCUT2D eigenvalue weighted by atomic mass is 79.9. The lowest BCUT2D eigenvalue weighted by Gasteiger charge is -2.10. The Kier molecular flexibility index (Phi) is 5.86. The van der Waals surface area contributed by atoms with Gasteiger partial charge in [0.25, 0.3) is 5.91 Å². The van der Waals surface area contributed by atoms with Crippen LogP contribution in [-0.2, 0) is 0 Å². The average Bonchev–Trinajstić information content (AvgIpc) is 3.16. The van der Waals surface area contributed by atoms with E-state index >= 15 is 0 Å². The number of rotatable bonds is 6. The van der Waals surface area contributed by atoms with E-state index in [2.05, 4.69) is 40.1 Å². The highest BCUT2D eigenvalue weighted by Gasteiger charge is 2.12. The molecule has 0 saturated heterocycles. The van der Waals surface area contributed by atoms with Crippen molar-refractivity contribution in [1.82, 2.24) is 4.98 Å².